The van der Waals surface area contributed by atoms with Gasteiger partial charge in [0, 0.05) is 11.6 Å². The Morgan fingerprint density at radius 2 is 1.46 bits per heavy atom. The summed E-state index contributed by atoms with van der Waals surface area (Å²) in [4.78, 5) is 0. The van der Waals surface area contributed by atoms with Gasteiger partial charge in [0.1, 0.15) is 11.5 Å². The van der Waals surface area contributed by atoms with Crippen LogP contribution < -0.4 is 23.7 Å². The van der Waals surface area contributed by atoms with E-state index >= 15 is 0 Å². The third-order valence-electron chi connectivity index (χ3n) is 3.76. The van der Waals surface area contributed by atoms with E-state index in [1.807, 2.05) is 43.3 Å². The summed E-state index contributed by atoms with van der Waals surface area (Å²) in [6, 6.07) is 7.61. The lowest BCUT2D eigenvalue weighted by molar-refractivity contribution is 0.323. The molecule has 0 aromatic heterocycles. The van der Waals surface area contributed by atoms with Crippen molar-refractivity contribution < 1.29 is 23.7 Å². The standard InChI is InChI=1S/C20H23BrO5/c1-6-26-15-10-9-13(16(12-15)22-2)7-8-14-11-17(23-3)19(24-4)20(25-5)18(14)21/h7-12H,6H2,1-5H3/b8-7+. The van der Waals surface area contributed by atoms with Crippen LogP contribution in [-0.4, -0.2) is 35.0 Å². The van der Waals surface area contributed by atoms with Gasteiger partial charge in [-0.15, -0.1) is 0 Å². The number of halogens is 1. The Balaban J connectivity index is 2.45. The van der Waals surface area contributed by atoms with Crippen LogP contribution in [0, 0.1) is 0 Å². The number of methoxy groups -OCH3 is 4. The summed E-state index contributed by atoms with van der Waals surface area (Å²) in [5, 5.41) is 0. The molecule has 26 heavy (non-hydrogen) atoms. The van der Waals surface area contributed by atoms with Crippen molar-refractivity contribution in [1.29, 1.82) is 0 Å². The first-order chi connectivity index (χ1) is 12.6. The van der Waals surface area contributed by atoms with E-state index in [1.165, 1.54) is 0 Å². The Hall–Kier alpha value is -2.34. The van der Waals surface area contributed by atoms with Crippen LogP contribution in [0.3, 0.4) is 0 Å². The lowest BCUT2D eigenvalue weighted by atomic mass is 10.1. The predicted octanol–water partition coefficient (Wildman–Crippen LogP) is 5.05. The average molecular weight is 423 g/mol. The van der Waals surface area contributed by atoms with Crippen LogP contribution in [0.1, 0.15) is 18.1 Å². The first-order valence-electron chi connectivity index (χ1n) is 8.06. The van der Waals surface area contributed by atoms with Crippen molar-refractivity contribution in [2.24, 2.45) is 0 Å². The van der Waals surface area contributed by atoms with Crippen molar-refractivity contribution in [3.05, 3.63) is 39.9 Å². The Kier molecular flexibility index (Phi) is 7.21. The van der Waals surface area contributed by atoms with E-state index in [0.717, 1.165) is 27.1 Å². The Bertz CT molecular complexity index is 786. The first kappa shape index (κ1) is 20.0. The molecule has 5 nitrogen and oxygen atoms in total. The highest BCUT2D eigenvalue weighted by Crippen LogP contribution is 2.45. The third-order valence-corrected chi connectivity index (χ3v) is 4.57. The molecular weight excluding hydrogens is 400 g/mol. The van der Waals surface area contributed by atoms with Crippen LogP contribution in [0.2, 0.25) is 0 Å². The minimum Gasteiger partial charge on any atom is -0.496 e. The molecule has 2 rings (SSSR count). The van der Waals surface area contributed by atoms with Crippen molar-refractivity contribution in [2.75, 3.05) is 35.0 Å². The molecule has 0 amide bonds. The van der Waals surface area contributed by atoms with Crippen LogP contribution in [0.25, 0.3) is 12.2 Å². The van der Waals surface area contributed by atoms with E-state index in [-0.39, 0.29) is 0 Å². The maximum atomic E-state index is 5.51. The van der Waals surface area contributed by atoms with Crippen LogP contribution in [0.15, 0.2) is 28.7 Å². The Morgan fingerprint density at radius 3 is 2.04 bits per heavy atom. The van der Waals surface area contributed by atoms with Crippen molar-refractivity contribution in [3.63, 3.8) is 0 Å². The molecule has 0 saturated carbocycles. The number of rotatable bonds is 8. The number of ether oxygens (including phenoxy) is 5. The van der Waals surface area contributed by atoms with E-state index in [0.29, 0.717) is 23.9 Å². The second-order valence-corrected chi connectivity index (χ2v) is 6.01. The zero-order valence-electron chi connectivity index (χ0n) is 15.6. The van der Waals surface area contributed by atoms with Crippen molar-refractivity contribution >= 4 is 28.1 Å². The summed E-state index contributed by atoms with van der Waals surface area (Å²) in [5.74, 6) is 3.21. The van der Waals surface area contributed by atoms with Crippen LogP contribution in [0.5, 0.6) is 28.7 Å². The highest BCUT2D eigenvalue weighted by Gasteiger charge is 2.18. The summed E-state index contributed by atoms with van der Waals surface area (Å²) in [7, 11) is 6.39. The molecule has 0 aliphatic rings. The molecule has 0 aliphatic heterocycles. The van der Waals surface area contributed by atoms with Crippen molar-refractivity contribution in [2.45, 2.75) is 6.92 Å². The summed E-state index contributed by atoms with van der Waals surface area (Å²) in [6.07, 6.45) is 3.91. The molecule has 2 aromatic rings. The highest BCUT2D eigenvalue weighted by atomic mass is 79.9. The highest BCUT2D eigenvalue weighted by molar-refractivity contribution is 9.10. The molecule has 0 radical (unpaired) electrons. The SMILES string of the molecule is CCOc1ccc(/C=C/c2cc(OC)c(OC)c(OC)c2Br)c(OC)c1. The lowest BCUT2D eigenvalue weighted by Gasteiger charge is -2.15. The zero-order chi connectivity index (χ0) is 19.1. The molecule has 0 unspecified atom stereocenters. The maximum Gasteiger partial charge on any atom is 0.204 e. The van der Waals surface area contributed by atoms with Gasteiger partial charge >= 0.3 is 0 Å². The van der Waals surface area contributed by atoms with Gasteiger partial charge in [0.05, 0.1) is 39.5 Å². The van der Waals surface area contributed by atoms with Gasteiger partial charge < -0.3 is 23.7 Å². The molecule has 2 aromatic carbocycles. The van der Waals surface area contributed by atoms with E-state index in [1.54, 1.807) is 28.4 Å². The summed E-state index contributed by atoms with van der Waals surface area (Å²) < 4.78 is 28.0. The van der Waals surface area contributed by atoms with Gasteiger partial charge in [-0.1, -0.05) is 12.2 Å². The van der Waals surface area contributed by atoms with Gasteiger partial charge in [0.25, 0.3) is 0 Å². The molecule has 140 valence electrons. The van der Waals surface area contributed by atoms with E-state index in [9.17, 15) is 0 Å². The van der Waals surface area contributed by atoms with Gasteiger partial charge in [-0.25, -0.2) is 0 Å². The number of benzene rings is 2. The second-order valence-electron chi connectivity index (χ2n) is 5.22. The molecule has 0 bridgehead atoms. The molecular formula is C20H23BrO5. The average Bonchev–Trinajstić information content (AvgIpc) is 2.67. The fourth-order valence-electron chi connectivity index (χ4n) is 2.53. The summed E-state index contributed by atoms with van der Waals surface area (Å²) in [6.45, 7) is 2.55. The monoisotopic (exact) mass is 422 g/mol. The quantitative estimate of drug-likeness (QED) is 0.556. The summed E-state index contributed by atoms with van der Waals surface area (Å²) >= 11 is 3.57. The van der Waals surface area contributed by atoms with Gasteiger partial charge in [-0.3, -0.25) is 0 Å². The van der Waals surface area contributed by atoms with E-state index < -0.39 is 0 Å². The van der Waals surface area contributed by atoms with Crippen LogP contribution >= 0.6 is 15.9 Å². The van der Waals surface area contributed by atoms with Crippen LogP contribution in [-0.2, 0) is 0 Å². The molecule has 0 saturated heterocycles. The molecule has 0 atom stereocenters. The smallest absolute Gasteiger partial charge is 0.204 e. The lowest BCUT2D eigenvalue weighted by Crippen LogP contribution is -1.97. The molecule has 0 fully saturated rings. The largest absolute Gasteiger partial charge is 0.496 e. The Morgan fingerprint density at radius 1 is 0.808 bits per heavy atom. The molecule has 0 heterocycles. The summed E-state index contributed by atoms with van der Waals surface area (Å²) in [5.41, 5.74) is 1.81. The van der Waals surface area contributed by atoms with Gasteiger partial charge in [0.2, 0.25) is 5.75 Å². The number of hydrogen-bond acceptors (Lipinski definition) is 5. The van der Waals surface area contributed by atoms with Gasteiger partial charge in [0.15, 0.2) is 11.5 Å². The zero-order valence-corrected chi connectivity index (χ0v) is 17.2. The van der Waals surface area contributed by atoms with Gasteiger partial charge in [-0.05, 0) is 46.6 Å². The molecule has 6 heteroatoms. The molecule has 0 spiro atoms. The fourth-order valence-corrected chi connectivity index (χ4v) is 3.12. The second kappa shape index (κ2) is 9.38. The third kappa shape index (κ3) is 4.25. The van der Waals surface area contributed by atoms with Crippen LogP contribution in [0.4, 0.5) is 0 Å². The van der Waals surface area contributed by atoms with Crippen molar-refractivity contribution in [1.82, 2.24) is 0 Å². The van der Waals surface area contributed by atoms with Gasteiger partial charge in [-0.2, -0.15) is 0 Å². The van der Waals surface area contributed by atoms with E-state index in [4.69, 9.17) is 23.7 Å². The topological polar surface area (TPSA) is 46.2 Å². The fraction of sp³-hybridized carbons (Fsp3) is 0.300. The maximum absolute atomic E-state index is 5.51. The van der Waals surface area contributed by atoms with E-state index in [2.05, 4.69) is 15.9 Å². The molecule has 0 N–H and O–H groups in total. The first-order valence-corrected chi connectivity index (χ1v) is 8.86. The minimum absolute atomic E-state index is 0.540. The minimum atomic E-state index is 0.540. The predicted molar refractivity (Wildman–Crippen MR) is 107 cm³/mol. The Labute approximate surface area is 162 Å². The molecule has 0 aliphatic carbocycles. The normalized spacial score (nSPS) is 10.7. The number of hydrogen-bond donors (Lipinski definition) is 0. The van der Waals surface area contributed by atoms with Crippen molar-refractivity contribution in [3.8, 4) is 28.7 Å².